The van der Waals surface area contributed by atoms with E-state index in [4.69, 9.17) is 14.2 Å². The van der Waals surface area contributed by atoms with Gasteiger partial charge in [-0.1, -0.05) is 72.8 Å². The molecule has 4 heteroatoms. The first kappa shape index (κ1) is 23.9. The molecule has 0 N–H and O–H groups in total. The molecule has 1 aliphatic rings. The molecule has 7 rings (SSSR count). The SMILES string of the molecule is COc1ccc(-c2ccc3c(c2)Oc2cc(-c4ccc(OC)cc4)ccc2N3c2cccc3ccccc23)cc1. The van der Waals surface area contributed by atoms with Crippen LogP contribution in [0.2, 0.25) is 0 Å². The number of nitrogens with zero attached hydrogens (tertiary/aromatic N) is 1. The molecule has 40 heavy (non-hydrogen) atoms. The predicted molar refractivity (Wildman–Crippen MR) is 163 cm³/mol. The molecule has 6 aromatic rings. The first-order valence-corrected chi connectivity index (χ1v) is 13.2. The molecule has 0 aliphatic carbocycles. The van der Waals surface area contributed by atoms with E-state index in [9.17, 15) is 0 Å². The fraction of sp³-hybridized carbons (Fsp3) is 0.0556. The van der Waals surface area contributed by atoms with Gasteiger partial charge in [0.2, 0.25) is 0 Å². The van der Waals surface area contributed by atoms with Crippen LogP contribution in [0.15, 0.2) is 127 Å². The number of ether oxygens (including phenoxy) is 3. The third kappa shape index (κ3) is 4.11. The second-order valence-corrected chi connectivity index (χ2v) is 9.76. The first-order chi connectivity index (χ1) is 19.7. The fourth-order valence-corrected chi connectivity index (χ4v) is 5.40. The van der Waals surface area contributed by atoms with E-state index in [2.05, 4.69) is 108 Å². The molecule has 0 saturated heterocycles. The van der Waals surface area contributed by atoms with Gasteiger partial charge in [0.15, 0.2) is 11.5 Å². The van der Waals surface area contributed by atoms with Gasteiger partial charge in [-0.15, -0.1) is 0 Å². The molecule has 0 bridgehead atoms. The minimum absolute atomic E-state index is 0.806. The van der Waals surface area contributed by atoms with Crippen molar-refractivity contribution in [1.82, 2.24) is 0 Å². The molecule has 0 amide bonds. The van der Waals surface area contributed by atoms with Crippen molar-refractivity contribution in [3.8, 4) is 45.3 Å². The van der Waals surface area contributed by atoms with Crippen LogP contribution in [0.1, 0.15) is 0 Å². The normalized spacial score (nSPS) is 11.9. The maximum Gasteiger partial charge on any atom is 0.152 e. The van der Waals surface area contributed by atoms with Crippen molar-refractivity contribution in [2.75, 3.05) is 19.1 Å². The Labute approximate surface area is 233 Å². The largest absolute Gasteiger partial charge is 0.497 e. The molecule has 1 aliphatic heterocycles. The monoisotopic (exact) mass is 521 g/mol. The second kappa shape index (κ2) is 9.83. The lowest BCUT2D eigenvalue weighted by Gasteiger charge is -2.34. The van der Waals surface area contributed by atoms with E-state index >= 15 is 0 Å². The molecule has 0 atom stereocenters. The highest BCUT2D eigenvalue weighted by atomic mass is 16.5. The van der Waals surface area contributed by atoms with E-state index < -0.39 is 0 Å². The molecule has 0 fully saturated rings. The van der Waals surface area contributed by atoms with E-state index in [1.807, 2.05) is 24.3 Å². The standard InChI is InChI=1S/C36H27NO3/c1-38-29-16-10-24(11-17-29)27-14-20-33-35(22-27)40-36-23-28(25-12-18-30(39-2)19-13-25)15-21-34(36)37(33)32-9-5-7-26-6-3-4-8-31(26)32/h3-23H,1-2H3. The molecule has 1 heterocycles. The van der Waals surface area contributed by atoms with Gasteiger partial charge in [-0.2, -0.15) is 0 Å². The van der Waals surface area contributed by atoms with Crippen LogP contribution >= 0.6 is 0 Å². The summed E-state index contributed by atoms with van der Waals surface area (Å²) >= 11 is 0. The maximum atomic E-state index is 6.66. The Morgan fingerprint density at radius 1 is 0.475 bits per heavy atom. The highest BCUT2D eigenvalue weighted by Gasteiger charge is 2.28. The Balaban J connectivity index is 1.39. The highest BCUT2D eigenvalue weighted by Crippen LogP contribution is 2.53. The summed E-state index contributed by atoms with van der Waals surface area (Å²) in [4.78, 5) is 2.31. The zero-order chi connectivity index (χ0) is 27.1. The van der Waals surface area contributed by atoms with Crippen LogP contribution in [0.25, 0.3) is 33.0 Å². The summed E-state index contributed by atoms with van der Waals surface area (Å²) < 4.78 is 17.4. The zero-order valence-electron chi connectivity index (χ0n) is 22.3. The quantitative estimate of drug-likeness (QED) is 0.226. The average molecular weight is 522 g/mol. The molecule has 0 aromatic heterocycles. The van der Waals surface area contributed by atoms with E-state index in [0.29, 0.717) is 0 Å². The molecule has 194 valence electrons. The number of methoxy groups -OCH3 is 2. The van der Waals surface area contributed by atoms with Gasteiger partial charge in [0.05, 0.1) is 31.3 Å². The van der Waals surface area contributed by atoms with Crippen LogP contribution < -0.4 is 19.1 Å². The van der Waals surface area contributed by atoms with Gasteiger partial charge in [-0.25, -0.2) is 0 Å². The van der Waals surface area contributed by atoms with Gasteiger partial charge in [0.1, 0.15) is 11.5 Å². The third-order valence-corrected chi connectivity index (χ3v) is 7.48. The van der Waals surface area contributed by atoms with Crippen molar-refractivity contribution in [3.63, 3.8) is 0 Å². The lowest BCUT2D eigenvalue weighted by atomic mass is 10.00. The van der Waals surface area contributed by atoms with E-state index in [1.54, 1.807) is 14.2 Å². The van der Waals surface area contributed by atoms with Crippen LogP contribution in [0.3, 0.4) is 0 Å². The summed E-state index contributed by atoms with van der Waals surface area (Å²) in [6.45, 7) is 0. The van der Waals surface area contributed by atoms with Gasteiger partial charge in [0, 0.05) is 5.39 Å². The molecule has 0 unspecified atom stereocenters. The van der Waals surface area contributed by atoms with Crippen LogP contribution in [-0.4, -0.2) is 14.2 Å². The van der Waals surface area contributed by atoms with Gasteiger partial charge >= 0.3 is 0 Å². The number of hydrogen-bond acceptors (Lipinski definition) is 4. The summed E-state index contributed by atoms with van der Waals surface area (Å²) in [5.41, 5.74) is 7.46. The van der Waals surface area contributed by atoms with Gasteiger partial charge in [0.25, 0.3) is 0 Å². The minimum Gasteiger partial charge on any atom is -0.497 e. The number of anilines is 3. The van der Waals surface area contributed by atoms with Crippen molar-refractivity contribution in [1.29, 1.82) is 0 Å². The van der Waals surface area contributed by atoms with Crippen LogP contribution in [-0.2, 0) is 0 Å². The average Bonchev–Trinajstić information content (AvgIpc) is 3.03. The van der Waals surface area contributed by atoms with Crippen LogP contribution in [0.4, 0.5) is 17.1 Å². The molecular formula is C36H27NO3. The summed E-state index contributed by atoms with van der Waals surface area (Å²) in [5.74, 6) is 3.28. The molecule has 6 aromatic carbocycles. The fourth-order valence-electron chi connectivity index (χ4n) is 5.40. The first-order valence-electron chi connectivity index (χ1n) is 13.2. The van der Waals surface area contributed by atoms with E-state index in [1.165, 1.54) is 10.8 Å². The van der Waals surface area contributed by atoms with Crippen molar-refractivity contribution in [3.05, 3.63) is 127 Å². The lowest BCUT2D eigenvalue weighted by Crippen LogP contribution is -2.16. The van der Waals surface area contributed by atoms with Gasteiger partial charge in [-0.3, -0.25) is 0 Å². The Morgan fingerprint density at radius 3 is 1.52 bits per heavy atom. The Bertz CT molecular complexity index is 1740. The van der Waals surface area contributed by atoms with E-state index in [-0.39, 0.29) is 0 Å². The molecular weight excluding hydrogens is 494 g/mol. The summed E-state index contributed by atoms with van der Waals surface area (Å²) in [6, 6.07) is 44.0. The van der Waals surface area contributed by atoms with Crippen molar-refractivity contribution >= 4 is 27.8 Å². The van der Waals surface area contributed by atoms with Crippen LogP contribution in [0, 0.1) is 0 Å². The molecule has 0 spiro atoms. The molecule has 0 saturated carbocycles. The summed E-state index contributed by atoms with van der Waals surface area (Å²) in [5, 5.41) is 2.38. The summed E-state index contributed by atoms with van der Waals surface area (Å²) in [6.07, 6.45) is 0. The smallest absolute Gasteiger partial charge is 0.152 e. The van der Waals surface area contributed by atoms with Crippen molar-refractivity contribution in [2.45, 2.75) is 0 Å². The Hall–Kier alpha value is -5.22. The van der Waals surface area contributed by atoms with Gasteiger partial charge < -0.3 is 19.1 Å². The molecule has 0 radical (unpaired) electrons. The molecule has 4 nitrogen and oxygen atoms in total. The lowest BCUT2D eigenvalue weighted by molar-refractivity contribution is 0.415. The highest BCUT2D eigenvalue weighted by molar-refractivity contribution is 6.01. The van der Waals surface area contributed by atoms with Crippen molar-refractivity contribution in [2.24, 2.45) is 0 Å². The van der Waals surface area contributed by atoms with E-state index in [0.717, 1.165) is 62.3 Å². The Kier molecular flexibility index (Phi) is 5.86. The van der Waals surface area contributed by atoms with Crippen LogP contribution in [0.5, 0.6) is 23.0 Å². The maximum absolute atomic E-state index is 6.66. The number of rotatable bonds is 5. The van der Waals surface area contributed by atoms with Gasteiger partial charge in [-0.05, 0) is 82.2 Å². The van der Waals surface area contributed by atoms with Crippen molar-refractivity contribution < 1.29 is 14.2 Å². The predicted octanol–water partition coefficient (Wildman–Crippen LogP) is 9.77. The number of benzene rings is 6. The third-order valence-electron chi connectivity index (χ3n) is 7.48. The Morgan fingerprint density at radius 2 is 0.975 bits per heavy atom. The number of fused-ring (bicyclic) bond motifs is 3. The number of hydrogen-bond donors (Lipinski definition) is 0. The topological polar surface area (TPSA) is 30.9 Å². The summed E-state index contributed by atoms with van der Waals surface area (Å²) in [7, 11) is 3.36. The minimum atomic E-state index is 0.806. The zero-order valence-corrected chi connectivity index (χ0v) is 22.3. The second-order valence-electron chi connectivity index (χ2n) is 9.76.